The second-order valence-electron chi connectivity index (χ2n) is 18.4. The van der Waals surface area contributed by atoms with Gasteiger partial charge in [0, 0.05) is 107 Å². The molecule has 0 saturated carbocycles. The van der Waals surface area contributed by atoms with Gasteiger partial charge in [0.15, 0.2) is 11.6 Å². The van der Waals surface area contributed by atoms with Gasteiger partial charge in [0.1, 0.15) is 0 Å². The van der Waals surface area contributed by atoms with Crippen molar-refractivity contribution in [2.75, 3.05) is 52.5 Å². The van der Waals surface area contributed by atoms with E-state index in [1.54, 1.807) is 42.6 Å². The molecule has 9 N–H and O–H groups in total. The number of hydrogen-bond acceptors (Lipinski definition) is 18. The number of rotatable bonds is 27. The van der Waals surface area contributed by atoms with Crippen molar-refractivity contribution in [1.29, 1.82) is 0 Å². The molecule has 76 heavy (non-hydrogen) atoms. The maximum absolute atomic E-state index is 12.7. The smallest absolute Gasteiger partial charge is 0.255 e. The number of pyridine rings is 6. The van der Waals surface area contributed by atoms with Gasteiger partial charge in [-0.1, -0.05) is 12.1 Å². The summed E-state index contributed by atoms with van der Waals surface area (Å²) in [7, 11) is 0. The Morgan fingerprint density at radius 1 is 0.500 bits per heavy atom. The van der Waals surface area contributed by atoms with E-state index in [0.29, 0.717) is 73.0 Å². The van der Waals surface area contributed by atoms with Gasteiger partial charge in [0.2, 0.25) is 0 Å². The number of nitrogens with two attached hydrogens (primary N) is 1. The molecule has 0 unspecified atom stereocenters. The number of aliphatic hydroxyl groups is 6. The van der Waals surface area contributed by atoms with Crippen molar-refractivity contribution in [2.45, 2.75) is 83.3 Å². The summed E-state index contributed by atoms with van der Waals surface area (Å²) in [5.74, 6) is -0.779. The van der Waals surface area contributed by atoms with E-state index in [1.165, 1.54) is 18.6 Å². The molecule has 0 spiro atoms. The summed E-state index contributed by atoms with van der Waals surface area (Å²) in [4.78, 5) is 82.8. The maximum Gasteiger partial charge on any atom is 0.255 e. The fourth-order valence-corrected chi connectivity index (χ4v) is 7.94. The number of aliphatic hydroxyl groups excluding tert-OH is 6. The average Bonchev–Trinajstić information content (AvgIpc) is 3.46. The predicted octanol–water partition coefficient (Wildman–Crippen LogP) is 0.882. The average molecular weight is 1040 g/mol. The van der Waals surface area contributed by atoms with Crippen LogP contribution in [0.25, 0.3) is 0 Å². The van der Waals surface area contributed by atoms with E-state index in [4.69, 9.17) is 15.3 Å². The second-order valence-corrected chi connectivity index (χ2v) is 18.4. The van der Waals surface area contributed by atoms with E-state index in [1.807, 2.05) is 70.7 Å². The Kier molecular flexibility index (Phi) is 23.7. The van der Waals surface area contributed by atoms with Crippen LogP contribution in [-0.4, -0.2) is 169 Å². The minimum Gasteiger partial charge on any atom is -0.394 e. The number of piperazine rings is 1. The summed E-state index contributed by atoms with van der Waals surface area (Å²) in [6.07, 6.45) is 7.12. The lowest BCUT2D eigenvalue weighted by atomic mass is 10.1. The summed E-state index contributed by atoms with van der Waals surface area (Å²) in [6.45, 7) is 5.16. The van der Waals surface area contributed by atoms with Crippen molar-refractivity contribution in [3.63, 3.8) is 0 Å². The number of nitrogens with one attached hydrogen (secondary N) is 1. The van der Waals surface area contributed by atoms with Crippen molar-refractivity contribution >= 4 is 23.4 Å². The first-order valence-electron chi connectivity index (χ1n) is 25.3. The minimum atomic E-state index is -1.07. The van der Waals surface area contributed by atoms with Gasteiger partial charge in [-0.25, -0.2) is 0 Å². The normalized spacial score (nSPS) is 13.6. The topological polar surface area (TPSA) is 305 Å². The highest BCUT2D eigenvalue weighted by atomic mass is 16.3. The zero-order valence-electron chi connectivity index (χ0n) is 42.4. The lowest BCUT2D eigenvalue weighted by Gasteiger charge is -2.25. The van der Waals surface area contributed by atoms with E-state index in [-0.39, 0.29) is 55.3 Å². The van der Waals surface area contributed by atoms with Crippen molar-refractivity contribution in [1.82, 2.24) is 49.9 Å². The molecule has 6 aromatic rings. The number of nitrogens with zero attached hydrogens (tertiary/aromatic N) is 9. The molecule has 21 heteroatoms. The Bertz CT molecular complexity index is 2470. The highest BCUT2D eigenvalue weighted by Crippen LogP contribution is 2.17. The standard InChI is InChI=1S/C32H41N5O9.C23H26N6O/c38-18-27(41)7-9-30(44)21-1-4-24(33-11-21)15-37(16-25-5-2-22(12-34-25)31(45)10-8-28(42)19-39)17-26-6-3-23(13-35-26)32(46)36-14-29(43)20-40;30-23(29-13-11-24-12-14-29)19-7-8-22(27-15-19)18-28(16-20-5-1-3-9-25-20)17-21-6-2-4-10-26-21/h1-6,11-13,27-29,38-43H,7-10,14-20H2,(H,36,46);1-10,15,24H,11-14,16-18H2/p+1/t27-,28+,29-;/m1./s1. The molecule has 1 aliphatic heterocycles. The van der Waals surface area contributed by atoms with Crippen LogP contribution in [-0.2, 0) is 39.3 Å². The molecule has 1 fully saturated rings. The van der Waals surface area contributed by atoms with Crippen LogP contribution >= 0.6 is 0 Å². The molecule has 0 bridgehead atoms. The van der Waals surface area contributed by atoms with E-state index in [2.05, 4.69) is 45.4 Å². The Morgan fingerprint density at radius 3 is 1.24 bits per heavy atom. The quantitative estimate of drug-likeness (QED) is 0.0332. The van der Waals surface area contributed by atoms with E-state index in [0.717, 1.165) is 43.3 Å². The largest absolute Gasteiger partial charge is 0.394 e. The number of carbonyl (C=O) groups excluding carboxylic acids is 4. The highest BCUT2D eigenvalue weighted by Gasteiger charge is 2.21. The Balaban J connectivity index is 0.000000268. The first-order chi connectivity index (χ1) is 36.9. The van der Waals surface area contributed by atoms with E-state index >= 15 is 0 Å². The van der Waals surface area contributed by atoms with E-state index in [9.17, 15) is 34.5 Å². The van der Waals surface area contributed by atoms with Crippen molar-refractivity contribution < 1.29 is 55.1 Å². The Hall–Kier alpha value is -7.18. The Labute approximate surface area is 441 Å². The molecule has 1 aliphatic rings. The first-order valence-corrected chi connectivity index (χ1v) is 25.3. The van der Waals surface area contributed by atoms with Crippen molar-refractivity contribution in [3.05, 3.63) is 179 Å². The number of quaternary nitrogens is 1. The van der Waals surface area contributed by atoms with Gasteiger partial charge in [-0.15, -0.1) is 0 Å². The maximum atomic E-state index is 12.7. The molecule has 2 amide bonds. The van der Waals surface area contributed by atoms with Crippen LogP contribution in [0.5, 0.6) is 0 Å². The van der Waals surface area contributed by atoms with Crippen LogP contribution in [0.1, 0.15) is 101 Å². The fraction of sp³-hybridized carbons (Fsp3) is 0.382. The number of amides is 2. The van der Waals surface area contributed by atoms with Gasteiger partial charge in [-0.2, -0.15) is 0 Å². The SMILES string of the molecule is O=C(CC[C@H](O)CO)c1ccc(CN(Cc2ccc(C(=O)CC[C@@H](O)CO)cn2)Cc2ccc(C(=O)NC[C@@H](O)CO)cn2)nc1.O=C(c1ccc(CN(Cc2ccccn2)Cc2ccccn2)nc1)N1CC[NH2+]CC1. The van der Waals surface area contributed by atoms with Crippen molar-refractivity contribution in [3.8, 4) is 0 Å². The minimum absolute atomic E-state index is 0.0703. The van der Waals surface area contributed by atoms with Gasteiger partial charge in [-0.05, 0) is 85.6 Å². The first kappa shape index (κ1) is 58.1. The summed E-state index contributed by atoms with van der Waals surface area (Å²) in [5, 5.41) is 60.2. The zero-order chi connectivity index (χ0) is 54.1. The molecule has 3 atom stereocenters. The molecule has 0 aliphatic carbocycles. The summed E-state index contributed by atoms with van der Waals surface area (Å²) in [5.41, 5.74) is 6.57. The van der Waals surface area contributed by atoms with Gasteiger partial charge in [0.25, 0.3) is 11.8 Å². The molecule has 6 aromatic heterocycles. The number of carbonyl (C=O) groups is 4. The lowest BCUT2D eigenvalue weighted by Crippen LogP contribution is -2.89. The second kappa shape index (κ2) is 31.0. The van der Waals surface area contributed by atoms with Crippen LogP contribution in [0.3, 0.4) is 0 Å². The van der Waals surface area contributed by atoms with Crippen LogP contribution < -0.4 is 10.6 Å². The van der Waals surface area contributed by atoms with Gasteiger partial charge < -0.3 is 46.2 Å². The molecule has 0 radical (unpaired) electrons. The van der Waals surface area contributed by atoms with E-state index < -0.39 is 44.0 Å². The highest BCUT2D eigenvalue weighted by molar-refractivity contribution is 5.96. The molecule has 1 saturated heterocycles. The van der Waals surface area contributed by atoms with Crippen LogP contribution in [0.2, 0.25) is 0 Å². The van der Waals surface area contributed by atoms with Crippen molar-refractivity contribution in [2.24, 2.45) is 0 Å². The molecule has 0 aromatic carbocycles. The summed E-state index contributed by atoms with van der Waals surface area (Å²) in [6, 6.07) is 25.8. The number of hydrogen-bond donors (Lipinski definition) is 8. The molecular formula is C55H68N11O10+. The molecular weight excluding hydrogens is 975 g/mol. The Morgan fingerprint density at radius 2 is 0.882 bits per heavy atom. The van der Waals surface area contributed by atoms with Crippen LogP contribution in [0.4, 0.5) is 0 Å². The summed E-state index contributed by atoms with van der Waals surface area (Å²) >= 11 is 0. The van der Waals surface area contributed by atoms with Crippen LogP contribution in [0.15, 0.2) is 122 Å². The lowest BCUT2D eigenvalue weighted by molar-refractivity contribution is -0.661. The number of ketones is 2. The van der Waals surface area contributed by atoms with Crippen LogP contribution in [0, 0.1) is 0 Å². The third kappa shape index (κ3) is 19.5. The third-order valence-corrected chi connectivity index (χ3v) is 12.3. The third-order valence-electron chi connectivity index (χ3n) is 12.3. The predicted molar refractivity (Wildman–Crippen MR) is 278 cm³/mol. The molecule has 21 nitrogen and oxygen atoms in total. The summed E-state index contributed by atoms with van der Waals surface area (Å²) < 4.78 is 0. The number of aromatic nitrogens is 6. The number of Topliss-reactive ketones (excluding diaryl/α,β-unsaturated/α-hetero) is 2. The molecule has 402 valence electrons. The van der Waals surface area contributed by atoms with Gasteiger partial charge >= 0.3 is 0 Å². The van der Waals surface area contributed by atoms with Gasteiger partial charge in [0.05, 0.1) is 110 Å². The monoisotopic (exact) mass is 1040 g/mol. The molecule has 7 heterocycles. The zero-order valence-corrected chi connectivity index (χ0v) is 42.4. The fourth-order valence-electron chi connectivity index (χ4n) is 7.94. The van der Waals surface area contributed by atoms with Gasteiger partial charge in [-0.3, -0.25) is 58.9 Å². The molecule has 7 rings (SSSR count).